The zero-order valence-electron chi connectivity index (χ0n) is 12.5. The molecule has 1 aliphatic heterocycles. The van der Waals surface area contributed by atoms with E-state index >= 15 is 0 Å². The largest absolute Gasteiger partial charge is 0.299 e. The molecule has 0 radical (unpaired) electrons. The minimum atomic E-state index is -0.0208. The Morgan fingerprint density at radius 2 is 2.04 bits per heavy atom. The van der Waals surface area contributed by atoms with Crippen LogP contribution in [-0.4, -0.2) is 26.9 Å². The SMILES string of the molecule is O=c1c2cccnc2sn1-c1ccc(Cl)c(CN2CCCC2)c1. The molecular formula is C17H16ClN3OS. The Morgan fingerprint density at radius 3 is 2.83 bits per heavy atom. The second-order valence-corrected chi connectivity index (χ2v) is 7.15. The minimum absolute atomic E-state index is 0.0208. The highest BCUT2D eigenvalue weighted by Crippen LogP contribution is 2.25. The van der Waals surface area contributed by atoms with Gasteiger partial charge in [-0.2, -0.15) is 0 Å². The topological polar surface area (TPSA) is 38.1 Å². The molecule has 4 nitrogen and oxygen atoms in total. The lowest BCUT2D eigenvalue weighted by molar-refractivity contribution is 0.331. The molecule has 4 rings (SSSR count). The van der Waals surface area contributed by atoms with Crippen LogP contribution < -0.4 is 5.56 Å². The molecule has 0 amide bonds. The molecule has 23 heavy (non-hydrogen) atoms. The number of halogens is 1. The third-order valence-electron chi connectivity index (χ3n) is 4.22. The molecule has 1 aliphatic rings. The number of benzene rings is 1. The molecule has 6 heteroatoms. The normalized spacial score (nSPS) is 15.5. The average Bonchev–Trinajstić information content (AvgIpc) is 3.18. The van der Waals surface area contributed by atoms with Crippen LogP contribution in [0.5, 0.6) is 0 Å². The van der Waals surface area contributed by atoms with Crippen molar-refractivity contribution in [3.63, 3.8) is 0 Å². The summed E-state index contributed by atoms with van der Waals surface area (Å²) in [7, 11) is 0. The summed E-state index contributed by atoms with van der Waals surface area (Å²) in [6.07, 6.45) is 4.21. The third kappa shape index (κ3) is 2.80. The molecule has 0 unspecified atom stereocenters. The fraction of sp³-hybridized carbons (Fsp3) is 0.294. The van der Waals surface area contributed by atoms with E-state index in [-0.39, 0.29) is 5.56 Å². The average molecular weight is 346 g/mol. The molecular weight excluding hydrogens is 330 g/mol. The molecule has 3 heterocycles. The zero-order chi connectivity index (χ0) is 15.8. The summed E-state index contributed by atoms with van der Waals surface area (Å²) in [6.45, 7) is 3.07. The molecule has 3 aromatic rings. The van der Waals surface area contributed by atoms with Crippen LogP contribution in [0.2, 0.25) is 5.02 Å². The van der Waals surface area contributed by atoms with E-state index in [0.29, 0.717) is 5.39 Å². The van der Waals surface area contributed by atoms with Gasteiger partial charge in [0.1, 0.15) is 4.83 Å². The van der Waals surface area contributed by atoms with E-state index in [1.165, 1.54) is 24.4 Å². The Hall–Kier alpha value is -1.69. The van der Waals surface area contributed by atoms with E-state index in [9.17, 15) is 4.79 Å². The number of aromatic nitrogens is 2. The Morgan fingerprint density at radius 1 is 1.22 bits per heavy atom. The molecule has 0 spiro atoms. The van der Waals surface area contributed by atoms with Crippen LogP contribution in [0.3, 0.4) is 0 Å². The molecule has 1 saturated heterocycles. The van der Waals surface area contributed by atoms with Gasteiger partial charge in [-0.25, -0.2) is 8.94 Å². The number of pyridine rings is 1. The number of fused-ring (bicyclic) bond motifs is 1. The van der Waals surface area contributed by atoms with Crippen molar-refractivity contribution in [3.8, 4) is 5.69 Å². The fourth-order valence-corrected chi connectivity index (χ4v) is 4.14. The predicted octanol–water partition coefficient (Wildman–Crippen LogP) is 3.70. The molecule has 0 N–H and O–H groups in total. The summed E-state index contributed by atoms with van der Waals surface area (Å²) in [5.74, 6) is 0. The maximum absolute atomic E-state index is 12.6. The van der Waals surface area contributed by atoms with Gasteiger partial charge in [0.05, 0.1) is 11.1 Å². The number of rotatable bonds is 3. The fourth-order valence-electron chi connectivity index (χ4n) is 3.02. The van der Waals surface area contributed by atoms with Crippen LogP contribution in [0.1, 0.15) is 18.4 Å². The second-order valence-electron chi connectivity index (χ2n) is 5.81. The predicted molar refractivity (Wildman–Crippen MR) is 94.7 cm³/mol. The minimum Gasteiger partial charge on any atom is -0.299 e. The van der Waals surface area contributed by atoms with Gasteiger partial charge < -0.3 is 0 Å². The lowest BCUT2D eigenvalue weighted by Gasteiger charge is -2.16. The zero-order valence-corrected chi connectivity index (χ0v) is 14.1. The quantitative estimate of drug-likeness (QED) is 0.726. The monoisotopic (exact) mass is 345 g/mol. The number of hydrogen-bond donors (Lipinski definition) is 0. The summed E-state index contributed by atoms with van der Waals surface area (Å²) in [5.41, 5.74) is 1.91. The van der Waals surface area contributed by atoms with Crippen molar-refractivity contribution >= 4 is 33.4 Å². The standard InChI is InChI=1S/C17H16ClN3OS/c18-15-6-5-13(10-12(15)11-20-8-1-2-9-20)21-17(22)14-4-3-7-19-16(14)23-21/h3-7,10H,1-2,8-9,11H2. The van der Waals surface area contributed by atoms with E-state index in [1.807, 2.05) is 24.3 Å². The molecule has 2 aromatic heterocycles. The van der Waals surface area contributed by atoms with Gasteiger partial charge in [0.2, 0.25) is 0 Å². The Kier molecular flexibility index (Phi) is 3.93. The second kappa shape index (κ2) is 6.07. The molecule has 0 bridgehead atoms. The van der Waals surface area contributed by atoms with Crippen LogP contribution in [0.4, 0.5) is 0 Å². The van der Waals surface area contributed by atoms with Gasteiger partial charge in [0.25, 0.3) is 5.56 Å². The molecule has 118 valence electrons. The van der Waals surface area contributed by atoms with Gasteiger partial charge in [0, 0.05) is 17.8 Å². The van der Waals surface area contributed by atoms with Crippen molar-refractivity contribution in [2.24, 2.45) is 0 Å². The Labute approximate surface area is 143 Å². The van der Waals surface area contributed by atoms with Gasteiger partial charge in [0.15, 0.2) is 0 Å². The maximum atomic E-state index is 12.6. The first-order valence-corrected chi connectivity index (χ1v) is 8.86. The molecule has 0 aliphatic carbocycles. The first-order chi connectivity index (χ1) is 11.2. The highest BCUT2D eigenvalue weighted by molar-refractivity contribution is 7.13. The summed E-state index contributed by atoms with van der Waals surface area (Å²) in [5, 5.41) is 1.42. The smallest absolute Gasteiger partial charge is 0.274 e. The van der Waals surface area contributed by atoms with Crippen LogP contribution in [0.15, 0.2) is 41.3 Å². The molecule has 1 aromatic carbocycles. The van der Waals surface area contributed by atoms with Crippen LogP contribution >= 0.6 is 23.1 Å². The molecule has 0 saturated carbocycles. The van der Waals surface area contributed by atoms with Gasteiger partial charge >= 0.3 is 0 Å². The molecule has 0 atom stereocenters. The van der Waals surface area contributed by atoms with Gasteiger partial charge in [-0.3, -0.25) is 9.69 Å². The van der Waals surface area contributed by atoms with E-state index in [4.69, 9.17) is 11.6 Å². The van der Waals surface area contributed by atoms with Crippen molar-refractivity contribution in [1.29, 1.82) is 0 Å². The van der Waals surface area contributed by atoms with Gasteiger partial charge in [-0.15, -0.1) is 0 Å². The summed E-state index contributed by atoms with van der Waals surface area (Å²) < 4.78 is 1.70. The van der Waals surface area contributed by atoms with E-state index in [0.717, 1.165) is 40.7 Å². The first-order valence-electron chi connectivity index (χ1n) is 7.70. The highest BCUT2D eigenvalue weighted by Gasteiger charge is 2.15. The van der Waals surface area contributed by atoms with Crippen LogP contribution in [0.25, 0.3) is 15.9 Å². The third-order valence-corrected chi connectivity index (χ3v) is 5.65. The summed E-state index contributed by atoms with van der Waals surface area (Å²) in [4.78, 5) is 20.0. The number of hydrogen-bond acceptors (Lipinski definition) is 4. The van der Waals surface area contributed by atoms with Crippen molar-refractivity contribution in [2.75, 3.05) is 13.1 Å². The first kappa shape index (κ1) is 14.9. The van der Waals surface area contributed by atoms with Crippen molar-refractivity contribution in [1.82, 2.24) is 13.8 Å². The summed E-state index contributed by atoms with van der Waals surface area (Å²) in [6, 6.07) is 9.41. The lowest BCUT2D eigenvalue weighted by atomic mass is 10.2. The highest BCUT2D eigenvalue weighted by atomic mass is 35.5. The number of nitrogens with zero attached hydrogens (tertiary/aromatic N) is 3. The van der Waals surface area contributed by atoms with E-state index < -0.39 is 0 Å². The van der Waals surface area contributed by atoms with Gasteiger partial charge in [-0.05, 0) is 73.4 Å². The Bertz CT molecular complexity index is 912. The van der Waals surface area contributed by atoms with E-state index in [2.05, 4.69) is 9.88 Å². The van der Waals surface area contributed by atoms with Crippen molar-refractivity contribution in [3.05, 3.63) is 57.5 Å². The van der Waals surface area contributed by atoms with E-state index in [1.54, 1.807) is 16.2 Å². The van der Waals surface area contributed by atoms with Crippen LogP contribution in [-0.2, 0) is 6.54 Å². The summed E-state index contributed by atoms with van der Waals surface area (Å²) >= 11 is 7.73. The van der Waals surface area contributed by atoms with Crippen molar-refractivity contribution in [2.45, 2.75) is 19.4 Å². The maximum Gasteiger partial charge on any atom is 0.274 e. The van der Waals surface area contributed by atoms with Crippen molar-refractivity contribution < 1.29 is 0 Å². The Balaban J connectivity index is 1.75. The number of likely N-dealkylation sites (tertiary alicyclic amines) is 1. The lowest BCUT2D eigenvalue weighted by Crippen LogP contribution is -2.19. The van der Waals surface area contributed by atoms with Gasteiger partial charge in [-0.1, -0.05) is 11.6 Å². The molecule has 1 fully saturated rings. The van der Waals surface area contributed by atoms with Crippen LogP contribution in [0, 0.1) is 0 Å².